The molecule has 1 heterocycles. The topological polar surface area (TPSA) is 79.7 Å². The van der Waals surface area contributed by atoms with Crippen LogP contribution in [0.25, 0.3) is 0 Å². The quantitative estimate of drug-likeness (QED) is 0.938. The molecule has 0 unspecified atom stereocenters. The van der Waals surface area contributed by atoms with Crippen molar-refractivity contribution in [2.24, 2.45) is 0 Å². The highest BCUT2D eigenvalue weighted by molar-refractivity contribution is 7.11. The van der Waals surface area contributed by atoms with Crippen LogP contribution in [-0.4, -0.2) is 35.5 Å². The summed E-state index contributed by atoms with van der Waals surface area (Å²) in [5.41, 5.74) is 0.866. The maximum atomic E-state index is 12.5. The molecule has 0 aliphatic heterocycles. The van der Waals surface area contributed by atoms with Crippen LogP contribution in [0, 0.1) is 6.92 Å². The van der Waals surface area contributed by atoms with Crippen molar-refractivity contribution in [1.82, 2.24) is 4.37 Å². The normalized spacial score (nSPS) is 10.2. The Morgan fingerprint density at radius 2 is 2.10 bits per heavy atom. The van der Waals surface area contributed by atoms with Crippen molar-refractivity contribution in [2.75, 3.05) is 19.1 Å². The summed E-state index contributed by atoms with van der Waals surface area (Å²) in [6, 6.07) is 6.69. The van der Waals surface area contributed by atoms with E-state index in [1.807, 2.05) is 0 Å². The lowest BCUT2D eigenvalue weighted by atomic mass is 10.2. The van der Waals surface area contributed by atoms with Gasteiger partial charge in [-0.05, 0) is 36.7 Å². The molecule has 0 saturated heterocycles. The van der Waals surface area contributed by atoms with Gasteiger partial charge in [-0.3, -0.25) is 4.79 Å². The SMILES string of the molecule is COc1cccc(C(=O)N(C)c2snc(C)c2C(=O)O)c1. The summed E-state index contributed by atoms with van der Waals surface area (Å²) < 4.78 is 9.09. The fourth-order valence-electron chi connectivity index (χ4n) is 1.87. The van der Waals surface area contributed by atoms with Crippen LogP contribution in [0.2, 0.25) is 0 Å². The number of methoxy groups -OCH3 is 1. The number of amides is 1. The number of carboxylic acids is 1. The molecule has 21 heavy (non-hydrogen) atoms. The maximum Gasteiger partial charge on any atom is 0.340 e. The highest BCUT2D eigenvalue weighted by Crippen LogP contribution is 2.29. The molecule has 110 valence electrons. The Morgan fingerprint density at radius 3 is 2.71 bits per heavy atom. The number of hydrogen-bond donors (Lipinski definition) is 1. The van der Waals surface area contributed by atoms with Crippen LogP contribution in [0.5, 0.6) is 5.75 Å². The third-order valence-corrected chi connectivity index (χ3v) is 4.00. The molecular formula is C14H14N2O4S. The van der Waals surface area contributed by atoms with E-state index in [1.54, 1.807) is 31.2 Å². The summed E-state index contributed by atoms with van der Waals surface area (Å²) >= 11 is 0.989. The zero-order valence-electron chi connectivity index (χ0n) is 11.8. The number of hydrogen-bond acceptors (Lipinski definition) is 5. The van der Waals surface area contributed by atoms with E-state index in [1.165, 1.54) is 19.1 Å². The van der Waals surface area contributed by atoms with Gasteiger partial charge in [0, 0.05) is 12.6 Å². The van der Waals surface area contributed by atoms with E-state index in [9.17, 15) is 14.7 Å². The van der Waals surface area contributed by atoms with Gasteiger partial charge in [0.25, 0.3) is 5.91 Å². The Labute approximate surface area is 125 Å². The number of aryl methyl sites for hydroxylation is 1. The predicted molar refractivity (Wildman–Crippen MR) is 79.5 cm³/mol. The Bertz CT molecular complexity index is 696. The summed E-state index contributed by atoms with van der Waals surface area (Å²) in [4.78, 5) is 25.0. The molecule has 6 nitrogen and oxygen atoms in total. The number of aromatic carboxylic acids is 1. The average molecular weight is 306 g/mol. The second-order valence-corrected chi connectivity index (χ2v) is 5.10. The Balaban J connectivity index is 2.37. The number of carbonyl (C=O) groups excluding carboxylic acids is 1. The van der Waals surface area contributed by atoms with E-state index < -0.39 is 5.97 Å². The Kier molecular flexibility index (Phi) is 4.23. The van der Waals surface area contributed by atoms with Gasteiger partial charge in [0.1, 0.15) is 16.3 Å². The minimum absolute atomic E-state index is 0.0544. The molecular weight excluding hydrogens is 292 g/mol. The van der Waals surface area contributed by atoms with E-state index in [0.29, 0.717) is 22.0 Å². The van der Waals surface area contributed by atoms with Crippen molar-refractivity contribution in [1.29, 1.82) is 0 Å². The minimum atomic E-state index is -1.10. The monoisotopic (exact) mass is 306 g/mol. The number of benzene rings is 1. The summed E-state index contributed by atoms with van der Waals surface area (Å²) in [6.07, 6.45) is 0. The molecule has 0 spiro atoms. The van der Waals surface area contributed by atoms with E-state index in [4.69, 9.17) is 4.74 Å². The average Bonchev–Trinajstić information content (AvgIpc) is 2.87. The molecule has 1 aromatic heterocycles. The Morgan fingerprint density at radius 1 is 1.38 bits per heavy atom. The van der Waals surface area contributed by atoms with Crippen molar-refractivity contribution < 1.29 is 19.4 Å². The maximum absolute atomic E-state index is 12.5. The molecule has 0 aliphatic carbocycles. The largest absolute Gasteiger partial charge is 0.497 e. The highest BCUT2D eigenvalue weighted by atomic mass is 32.1. The molecule has 0 aliphatic rings. The minimum Gasteiger partial charge on any atom is -0.497 e. The number of anilines is 1. The third-order valence-electron chi connectivity index (χ3n) is 2.98. The van der Waals surface area contributed by atoms with Crippen LogP contribution >= 0.6 is 11.5 Å². The lowest BCUT2D eigenvalue weighted by molar-refractivity contribution is 0.0697. The number of carbonyl (C=O) groups is 2. The van der Waals surface area contributed by atoms with E-state index >= 15 is 0 Å². The first-order valence-corrected chi connectivity index (χ1v) is 6.84. The first-order chi connectivity index (χ1) is 9.95. The molecule has 2 rings (SSSR count). The van der Waals surface area contributed by atoms with Crippen molar-refractivity contribution in [3.8, 4) is 5.75 Å². The van der Waals surface area contributed by atoms with Gasteiger partial charge in [0.15, 0.2) is 0 Å². The first-order valence-electron chi connectivity index (χ1n) is 6.07. The van der Waals surface area contributed by atoms with Gasteiger partial charge in [-0.15, -0.1) is 0 Å². The summed E-state index contributed by atoms with van der Waals surface area (Å²) in [7, 11) is 3.05. The standard InChI is InChI=1S/C14H14N2O4S/c1-8-11(14(18)19)13(21-15-8)16(2)12(17)9-5-4-6-10(7-9)20-3/h4-7H,1-3H3,(H,18,19). The van der Waals surface area contributed by atoms with E-state index in [-0.39, 0.29) is 11.5 Å². The summed E-state index contributed by atoms with van der Waals surface area (Å²) in [6.45, 7) is 1.60. The summed E-state index contributed by atoms with van der Waals surface area (Å²) in [5.74, 6) is -0.852. The van der Waals surface area contributed by atoms with Gasteiger partial charge in [0.2, 0.25) is 0 Å². The van der Waals surface area contributed by atoms with Crippen molar-refractivity contribution in [3.63, 3.8) is 0 Å². The van der Waals surface area contributed by atoms with E-state index in [0.717, 1.165) is 11.5 Å². The van der Waals surface area contributed by atoms with Crippen LogP contribution in [0.15, 0.2) is 24.3 Å². The number of aromatic nitrogens is 1. The van der Waals surface area contributed by atoms with Crippen molar-refractivity contribution in [2.45, 2.75) is 6.92 Å². The Hall–Kier alpha value is -2.41. The molecule has 0 fully saturated rings. The van der Waals surface area contributed by atoms with Gasteiger partial charge >= 0.3 is 5.97 Å². The molecule has 7 heteroatoms. The lowest BCUT2D eigenvalue weighted by Crippen LogP contribution is -2.27. The third kappa shape index (κ3) is 2.87. The van der Waals surface area contributed by atoms with Crippen molar-refractivity contribution in [3.05, 3.63) is 41.1 Å². The van der Waals surface area contributed by atoms with Gasteiger partial charge in [0.05, 0.1) is 12.8 Å². The van der Waals surface area contributed by atoms with Gasteiger partial charge in [-0.2, -0.15) is 4.37 Å². The molecule has 1 aromatic carbocycles. The lowest BCUT2D eigenvalue weighted by Gasteiger charge is -2.16. The number of carboxylic acid groups (broad SMARTS) is 1. The highest BCUT2D eigenvalue weighted by Gasteiger charge is 2.24. The second-order valence-electron chi connectivity index (χ2n) is 4.35. The zero-order chi connectivity index (χ0) is 15.6. The van der Waals surface area contributed by atoms with Crippen LogP contribution in [0.4, 0.5) is 5.00 Å². The van der Waals surface area contributed by atoms with Gasteiger partial charge < -0.3 is 14.7 Å². The molecule has 1 amide bonds. The van der Waals surface area contributed by atoms with Crippen LogP contribution in [-0.2, 0) is 0 Å². The van der Waals surface area contributed by atoms with Gasteiger partial charge in [-0.25, -0.2) is 4.79 Å². The number of rotatable bonds is 4. The molecule has 2 aromatic rings. The van der Waals surface area contributed by atoms with Crippen molar-refractivity contribution >= 4 is 28.4 Å². The molecule has 0 bridgehead atoms. The van der Waals surface area contributed by atoms with Crippen LogP contribution in [0.3, 0.4) is 0 Å². The smallest absolute Gasteiger partial charge is 0.340 e. The number of ether oxygens (including phenoxy) is 1. The summed E-state index contributed by atoms with van der Waals surface area (Å²) in [5, 5.41) is 9.54. The molecule has 0 radical (unpaired) electrons. The fraction of sp³-hybridized carbons (Fsp3) is 0.214. The van der Waals surface area contributed by atoms with Gasteiger partial charge in [-0.1, -0.05) is 6.07 Å². The van der Waals surface area contributed by atoms with Crippen LogP contribution in [0.1, 0.15) is 26.4 Å². The van der Waals surface area contributed by atoms with Crippen LogP contribution < -0.4 is 9.64 Å². The zero-order valence-corrected chi connectivity index (χ0v) is 12.6. The fourth-order valence-corrected chi connectivity index (χ4v) is 2.72. The van der Waals surface area contributed by atoms with E-state index in [2.05, 4.69) is 4.37 Å². The number of nitrogens with zero attached hydrogens (tertiary/aromatic N) is 2. The molecule has 1 N–H and O–H groups in total. The molecule has 0 saturated carbocycles. The molecule has 0 atom stereocenters. The second kappa shape index (κ2) is 5.92. The predicted octanol–water partition coefficient (Wildman–Crippen LogP) is 2.43. The first kappa shape index (κ1) is 15.0.